The Morgan fingerprint density at radius 2 is 2.00 bits per heavy atom. The van der Waals surface area contributed by atoms with Crippen LogP contribution >= 0.6 is 0 Å². The fourth-order valence-corrected chi connectivity index (χ4v) is 3.64. The minimum Gasteiger partial charge on any atom is -0.390 e. The van der Waals surface area contributed by atoms with Gasteiger partial charge in [-0.1, -0.05) is 18.2 Å². The largest absolute Gasteiger partial charge is 0.390 e. The topological polar surface area (TPSA) is 66.4 Å². The van der Waals surface area contributed by atoms with Crippen molar-refractivity contribution in [2.24, 2.45) is 0 Å². The zero-order valence-corrected chi connectivity index (χ0v) is 9.87. The fraction of sp³-hybridized carbons (Fsp3) is 0.455. The van der Waals surface area contributed by atoms with E-state index in [9.17, 15) is 13.5 Å². The minimum absolute atomic E-state index is 0.00248. The number of rotatable bonds is 2. The Morgan fingerprint density at radius 3 is 2.56 bits per heavy atom. The number of nitrogens with one attached hydrogen (secondary N) is 1. The van der Waals surface area contributed by atoms with Crippen LogP contribution in [0.2, 0.25) is 0 Å². The zero-order chi connectivity index (χ0) is 11.8. The van der Waals surface area contributed by atoms with Gasteiger partial charge < -0.3 is 10.4 Å². The Morgan fingerprint density at radius 1 is 1.31 bits per heavy atom. The lowest BCUT2D eigenvalue weighted by molar-refractivity contribution is 0.190. The summed E-state index contributed by atoms with van der Waals surface area (Å²) in [5.74, 6) is -0.140. The maximum Gasteiger partial charge on any atom is 0.155 e. The normalized spacial score (nSPS) is 27.9. The van der Waals surface area contributed by atoms with Crippen LogP contribution in [0, 0.1) is 6.92 Å². The van der Waals surface area contributed by atoms with Gasteiger partial charge in [0.25, 0.3) is 0 Å². The molecule has 16 heavy (non-hydrogen) atoms. The molecule has 2 rings (SSSR count). The summed E-state index contributed by atoms with van der Waals surface area (Å²) < 4.78 is 22.7. The molecule has 0 aliphatic carbocycles. The van der Waals surface area contributed by atoms with Crippen LogP contribution in [0.3, 0.4) is 0 Å². The van der Waals surface area contributed by atoms with Gasteiger partial charge in [-0.3, -0.25) is 0 Å². The van der Waals surface area contributed by atoms with E-state index in [0.717, 1.165) is 11.3 Å². The Bertz CT molecular complexity index is 484. The molecule has 1 fully saturated rings. The second-order valence-corrected chi connectivity index (χ2v) is 6.36. The van der Waals surface area contributed by atoms with E-state index in [1.807, 2.05) is 31.2 Å². The lowest BCUT2D eigenvalue weighted by Crippen LogP contribution is -2.32. The molecule has 0 spiro atoms. The third kappa shape index (κ3) is 2.36. The van der Waals surface area contributed by atoms with Crippen LogP contribution in [0.25, 0.3) is 0 Å². The van der Waals surface area contributed by atoms with E-state index in [0.29, 0.717) is 0 Å². The highest BCUT2D eigenvalue weighted by molar-refractivity contribution is 7.91. The van der Waals surface area contributed by atoms with Crippen molar-refractivity contribution >= 4 is 15.5 Å². The lowest BCUT2D eigenvalue weighted by Gasteiger charge is -2.17. The van der Waals surface area contributed by atoms with Crippen LogP contribution in [0.1, 0.15) is 5.56 Å². The number of aryl methyl sites for hydroxylation is 1. The first-order chi connectivity index (χ1) is 7.48. The average molecular weight is 241 g/mol. The summed E-state index contributed by atoms with van der Waals surface area (Å²) in [7, 11) is -3.09. The molecule has 2 N–H and O–H groups in total. The predicted octanol–water partition coefficient (Wildman–Crippen LogP) is 0.565. The summed E-state index contributed by atoms with van der Waals surface area (Å²) in [6.07, 6.45) is -0.815. The summed E-state index contributed by atoms with van der Waals surface area (Å²) in [5, 5.41) is 12.7. The fourth-order valence-electron chi connectivity index (χ4n) is 1.90. The van der Waals surface area contributed by atoms with Crippen molar-refractivity contribution < 1.29 is 13.5 Å². The molecule has 4 nitrogen and oxygen atoms in total. The third-order valence-corrected chi connectivity index (χ3v) is 4.52. The van der Waals surface area contributed by atoms with Crippen molar-refractivity contribution in [2.75, 3.05) is 16.8 Å². The zero-order valence-electron chi connectivity index (χ0n) is 9.05. The van der Waals surface area contributed by atoms with Gasteiger partial charge in [0, 0.05) is 5.69 Å². The number of aliphatic hydroxyl groups excluding tert-OH is 1. The SMILES string of the molecule is Cc1ccccc1N[C@@H]1CS(=O)(=O)C[C@@H]1O. The van der Waals surface area contributed by atoms with Gasteiger partial charge >= 0.3 is 0 Å². The van der Waals surface area contributed by atoms with E-state index >= 15 is 0 Å². The van der Waals surface area contributed by atoms with Gasteiger partial charge in [0.15, 0.2) is 9.84 Å². The highest BCUT2D eigenvalue weighted by Gasteiger charge is 2.36. The molecule has 0 bridgehead atoms. The van der Waals surface area contributed by atoms with E-state index in [2.05, 4.69) is 5.32 Å². The molecule has 1 aliphatic rings. The number of hydrogen-bond donors (Lipinski definition) is 2. The maximum absolute atomic E-state index is 11.3. The van der Waals surface area contributed by atoms with E-state index in [1.165, 1.54) is 0 Å². The van der Waals surface area contributed by atoms with Crippen LogP contribution < -0.4 is 5.32 Å². The Hall–Kier alpha value is -1.07. The smallest absolute Gasteiger partial charge is 0.155 e. The van der Waals surface area contributed by atoms with Crippen molar-refractivity contribution in [3.05, 3.63) is 29.8 Å². The van der Waals surface area contributed by atoms with Crippen LogP contribution in [-0.4, -0.2) is 37.2 Å². The lowest BCUT2D eigenvalue weighted by atomic mass is 10.1. The molecule has 1 heterocycles. The first kappa shape index (κ1) is 11.4. The molecule has 1 saturated heterocycles. The molecule has 5 heteroatoms. The molecule has 2 atom stereocenters. The predicted molar refractivity (Wildman–Crippen MR) is 63.3 cm³/mol. The van der Waals surface area contributed by atoms with E-state index in [-0.39, 0.29) is 11.5 Å². The van der Waals surface area contributed by atoms with Gasteiger partial charge in [-0.15, -0.1) is 0 Å². The number of anilines is 1. The van der Waals surface area contributed by atoms with Gasteiger partial charge in [0.2, 0.25) is 0 Å². The molecular formula is C11H15NO3S. The second-order valence-electron chi connectivity index (χ2n) is 4.21. The molecule has 0 aromatic heterocycles. The maximum atomic E-state index is 11.3. The molecule has 0 radical (unpaired) electrons. The van der Waals surface area contributed by atoms with Crippen molar-refractivity contribution in [1.82, 2.24) is 0 Å². The molecule has 88 valence electrons. The number of sulfone groups is 1. The first-order valence-electron chi connectivity index (χ1n) is 5.18. The highest BCUT2D eigenvalue weighted by atomic mass is 32.2. The molecule has 1 aliphatic heterocycles. The molecule has 0 unspecified atom stereocenters. The quantitative estimate of drug-likeness (QED) is 0.794. The second kappa shape index (κ2) is 4.07. The van der Waals surface area contributed by atoms with Gasteiger partial charge in [-0.05, 0) is 18.6 Å². The summed E-state index contributed by atoms with van der Waals surface area (Å²) in [6.45, 7) is 1.94. The summed E-state index contributed by atoms with van der Waals surface area (Å²) in [6, 6.07) is 7.23. The number of hydrogen-bond acceptors (Lipinski definition) is 4. The van der Waals surface area contributed by atoms with Crippen LogP contribution in [0.4, 0.5) is 5.69 Å². The molecule has 0 saturated carbocycles. The van der Waals surface area contributed by atoms with Crippen molar-refractivity contribution in [1.29, 1.82) is 0 Å². The average Bonchev–Trinajstić information content (AvgIpc) is 2.44. The molecule has 1 aromatic rings. The van der Waals surface area contributed by atoms with Crippen molar-refractivity contribution in [3.8, 4) is 0 Å². The Balaban J connectivity index is 2.15. The van der Waals surface area contributed by atoms with E-state index in [4.69, 9.17) is 0 Å². The van der Waals surface area contributed by atoms with Gasteiger partial charge in [-0.25, -0.2) is 8.42 Å². The highest BCUT2D eigenvalue weighted by Crippen LogP contribution is 2.20. The monoisotopic (exact) mass is 241 g/mol. The summed E-state index contributed by atoms with van der Waals surface area (Å²) >= 11 is 0. The van der Waals surface area contributed by atoms with E-state index in [1.54, 1.807) is 0 Å². The standard InChI is InChI=1S/C11H15NO3S/c1-8-4-2-3-5-9(8)12-10-6-16(14,15)7-11(10)13/h2-5,10-13H,6-7H2,1H3/t10-,11+/m1/s1. The first-order valence-corrected chi connectivity index (χ1v) is 7.01. The summed E-state index contributed by atoms with van der Waals surface area (Å²) in [4.78, 5) is 0. The molecule has 1 aromatic carbocycles. The van der Waals surface area contributed by atoms with Crippen LogP contribution in [0.15, 0.2) is 24.3 Å². The third-order valence-electron chi connectivity index (χ3n) is 2.81. The van der Waals surface area contributed by atoms with Gasteiger partial charge in [0.05, 0.1) is 23.7 Å². The van der Waals surface area contributed by atoms with E-state index < -0.39 is 22.0 Å². The molecule has 0 amide bonds. The Labute approximate surface area is 95.2 Å². The number of aliphatic hydroxyl groups is 1. The molecular weight excluding hydrogens is 226 g/mol. The van der Waals surface area contributed by atoms with Gasteiger partial charge in [0.1, 0.15) is 0 Å². The van der Waals surface area contributed by atoms with Gasteiger partial charge in [-0.2, -0.15) is 0 Å². The van der Waals surface area contributed by atoms with Crippen molar-refractivity contribution in [3.63, 3.8) is 0 Å². The van der Waals surface area contributed by atoms with Crippen LogP contribution in [-0.2, 0) is 9.84 Å². The summed E-state index contributed by atoms with van der Waals surface area (Å²) in [5.41, 5.74) is 1.92. The minimum atomic E-state index is -3.09. The van der Waals surface area contributed by atoms with Crippen LogP contribution in [0.5, 0.6) is 0 Å². The number of para-hydroxylation sites is 1. The Kier molecular flexibility index (Phi) is 2.90. The van der Waals surface area contributed by atoms with Crippen molar-refractivity contribution in [2.45, 2.75) is 19.1 Å². The number of benzene rings is 1.